The lowest BCUT2D eigenvalue weighted by Crippen LogP contribution is -2.11. The van der Waals surface area contributed by atoms with Gasteiger partial charge in [-0.1, -0.05) is 34.1 Å². The molecule has 0 radical (unpaired) electrons. The van der Waals surface area contributed by atoms with Crippen LogP contribution in [0.15, 0.2) is 0 Å². The van der Waals surface area contributed by atoms with E-state index in [0.717, 1.165) is 11.8 Å². The van der Waals surface area contributed by atoms with E-state index in [-0.39, 0.29) is 5.48 Å². The molecule has 1 aliphatic carbocycles. The molecule has 0 aliphatic heterocycles. The maximum Gasteiger partial charge on any atom is 0.00170 e. The van der Waals surface area contributed by atoms with E-state index in [4.69, 9.17) is 0 Å². The lowest BCUT2D eigenvalue weighted by atomic mass is 9.91. The van der Waals surface area contributed by atoms with E-state index in [1.807, 2.05) is 0 Å². The maximum absolute atomic E-state index is 4.40. The summed E-state index contributed by atoms with van der Waals surface area (Å²) in [7, 11) is 0. The Morgan fingerprint density at radius 2 is 1.50 bits per heavy atom. The number of hydrogen-bond acceptors (Lipinski definition) is 1. The molecule has 0 spiro atoms. The summed E-state index contributed by atoms with van der Waals surface area (Å²) >= 11 is 4.40. The molecule has 0 aromatic carbocycles. The smallest absolute Gasteiger partial charge is 0.00170 e. The molecular weight excluding hydrogens is 192 g/mol. The van der Waals surface area contributed by atoms with Crippen molar-refractivity contribution in [2.75, 3.05) is 0 Å². The first kappa shape index (κ1) is 16.7. The molecule has 2 N–H and O–H groups in total. The van der Waals surface area contributed by atoms with Gasteiger partial charge in [0, 0.05) is 5.25 Å². The van der Waals surface area contributed by atoms with Crippen molar-refractivity contribution in [2.45, 2.75) is 65.0 Å². The van der Waals surface area contributed by atoms with E-state index in [1.165, 1.54) is 32.1 Å². The van der Waals surface area contributed by atoms with Gasteiger partial charge in [-0.05, 0) is 37.5 Å². The third-order valence-electron chi connectivity index (χ3n) is 2.80. The van der Waals surface area contributed by atoms with Crippen LogP contribution in [-0.2, 0) is 0 Å². The summed E-state index contributed by atoms with van der Waals surface area (Å²) in [6.07, 6.45) is 6.77. The zero-order valence-corrected chi connectivity index (χ0v) is 11.1. The van der Waals surface area contributed by atoms with Crippen molar-refractivity contribution in [3.05, 3.63) is 0 Å². The molecule has 0 aromatic rings. The van der Waals surface area contributed by atoms with Gasteiger partial charge in [0.25, 0.3) is 0 Å². The van der Waals surface area contributed by atoms with Gasteiger partial charge in [0.15, 0.2) is 0 Å². The third kappa shape index (κ3) is 10.4. The average Bonchev–Trinajstić information content (AvgIpc) is 2.11. The molecule has 0 atom stereocenters. The van der Waals surface area contributed by atoms with Gasteiger partial charge < -0.3 is 5.48 Å². The first-order valence-electron chi connectivity index (χ1n) is 5.74. The Morgan fingerprint density at radius 3 is 1.71 bits per heavy atom. The summed E-state index contributed by atoms with van der Waals surface area (Å²) in [6, 6.07) is 0. The van der Waals surface area contributed by atoms with Crippen molar-refractivity contribution in [3.8, 4) is 0 Å². The lowest BCUT2D eigenvalue weighted by Gasteiger charge is -2.21. The second-order valence-electron chi connectivity index (χ2n) is 4.72. The summed E-state index contributed by atoms with van der Waals surface area (Å²) < 4.78 is 0. The average molecular weight is 220 g/mol. The summed E-state index contributed by atoms with van der Waals surface area (Å²) in [5.74, 6) is 1.85. The topological polar surface area (TPSA) is 31.5 Å². The molecule has 1 aliphatic rings. The lowest BCUT2D eigenvalue weighted by molar-refractivity contribution is 0.394. The Labute approximate surface area is 95.4 Å². The van der Waals surface area contributed by atoms with Crippen LogP contribution in [-0.4, -0.2) is 10.7 Å². The van der Waals surface area contributed by atoms with Crippen LogP contribution >= 0.6 is 12.6 Å². The molecule has 14 heavy (non-hydrogen) atoms. The Morgan fingerprint density at radius 1 is 1.14 bits per heavy atom. The van der Waals surface area contributed by atoms with Gasteiger partial charge in [-0.25, -0.2) is 0 Å². The molecule has 88 valence electrons. The second kappa shape index (κ2) is 9.85. The molecule has 1 rings (SSSR count). The summed E-state index contributed by atoms with van der Waals surface area (Å²) in [6.45, 7) is 8.98. The highest BCUT2D eigenvalue weighted by Gasteiger charge is 2.13. The van der Waals surface area contributed by atoms with Crippen molar-refractivity contribution in [1.82, 2.24) is 0 Å². The molecule has 1 saturated carbocycles. The number of rotatable bonds is 1. The Bertz CT molecular complexity index is 96.9. The molecule has 0 unspecified atom stereocenters. The fraction of sp³-hybridized carbons (Fsp3) is 1.00. The van der Waals surface area contributed by atoms with Crippen LogP contribution in [0.25, 0.3) is 0 Å². The normalized spacial score (nSPS) is 26.1. The molecule has 1 nitrogen and oxygen atoms in total. The molecule has 0 aromatic heterocycles. The van der Waals surface area contributed by atoms with Gasteiger partial charge in [-0.15, -0.1) is 0 Å². The van der Waals surface area contributed by atoms with E-state index in [1.54, 1.807) is 0 Å². The van der Waals surface area contributed by atoms with Crippen LogP contribution in [0.2, 0.25) is 0 Å². The van der Waals surface area contributed by atoms with Gasteiger partial charge in [0.05, 0.1) is 0 Å². The highest BCUT2D eigenvalue weighted by molar-refractivity contribution is 7.80. The monoisotopic (exact) mass is 220 g/mol. The molecule has 0 amide bonds. The van der Waals surface area contributed by atoms with Crippen LogP contribution in [0, 0.1) is 11.8 Å². The largest absolute Gasteiger partial charge is 0.412 e. The Kier molecular flexibility index (Phi) is 11.8. The summed E-state index contributed by atoms with van der Waals surface area (Å²) in [5.41, 5.74) is 0. The van der Waals surface area contributed by atoms with E-state index >= 15 is 0 Å². The molecular formula is C12H28OS. The Balaban J connectivity index is 0. The minimum atomic E-state index is 0. The van der Waals surface area contributed by atoms with Crippen LogP contribution in [0.1, 0.15) is 59.8 Å². The quantitative estimate of drug-likeness (QED) is 0.653. The fourth-order valence-electron chi connectivity index (χ4n) is 1.24. The van der Waals surface area contributed by atoms with Crippen LogP contribution in [0.3, 0.4) is 0 Å². The maximum atomic E-state index is 4.40. The first-order chi connectivity index (χ1) is 6.06. The van der Waals surface area contributed by atoms with Gasteiger partial charge in [-0.2, -0.15) is 12.6 Å². The first-order valence-corrected chi connectivity index (χ1v) is 6.25. The Hall–Kier alpha value is 0.310. The van der Waals surface area contributed by atoms with Crippen molar-refractivity contribution in [3.63, 3.8) is 0 Å². The number of hydrogen-bond donors (Lipinski definition) is 1. The van der Waals surface area contributed by atoms with E-state index < -0.39 is 0 Å². The molecule has 2 heteroatoms. The zero-order valence-electron chi connectivity index (χ0n) is 10.2. The highest BCUT2D eigenvalue weighted by Crippen LogP contribution is 2.26. The number of thiol groups is 1. The SMILES string of the molecule is CC1CCC(S)CC1.CCC(C)C.O. The zero-order chi connectivity index (χ0) is 10.3. The summed E-state index contributed by atoms with van der Waals surface area (Å²) in [4.78, 5) is 0. The molecule has 0 heterocycles. The van der Waals surface area contributed by atoms with Gasteiger partial charge in [0.2, 0.25) is 0 Å². The third-order valence-corrected chi connectivity index (χ3v) is 3.32. The van der Waals surface area contributed by atoms with Crippen LogP contribution in [0.5, 0.6) is 0 Å². The molecule has 1 fully saturated rings. The summed E-state index contributed by atoms with van der Waals surface area (Å²) in [5, 5.41) is 0.714. The van der Waals surface area contributed by atoms with Crippen LogP contribution < -0.4 is 0 Å². The van der Waals surface area contributed by atoms with Crippen molar-refractivity contribution < 1.29 is 5.48 Å². The van der Waals surface area contributed by atoms with Crippen molar-refractivity contribution >= 4 is 12.6 Å². The molecule has 0 saturated heterocycles. The van der Waals surface area contributed by atoms with E-state index in [0.29, 0.717) is 5.25 Å². The van der Waals surface area contributed by atoms with Crippen molar-refractivity contribution in [2.24, 2.45) is 11.8 Å². The van der Waals surface area contributed by atoms with Gasteiger partial charge >= 0.3 is 0 Å². The van der Waals surface area contributed by atoms with Crippen LogP contribution in [0.4, 0.5) is 0 Å². The van der Waals surface area contributed by atoms with E-state index in [2.05, 4.69) is 40.3 Å². The molecule has 0 bridgehead atoms. The van der Waals surface area contributed by atoms with Crippen molar-refractivity contribution in [1.29, 1.82) is 0 Å². The minimum Gasteiger partial charge on any atom is -0.412 e. The standard InChI is InChI=1S/C7H14S.C5H12.H2O/c1-6-2-4-7(8)5-3-6;1-4-5(2)3;/h6-8H,2-5H2,1H3;5H,4H2,1-3H3;1H2. The predicted octanol–water partition coefficient (Wildman–Crippen LogP) is 3.72. The van der Waals surface area contributed by atoms with Gasteiger partial charge in [0.1, 0.15) is 0 Å². The fourth-order valence-corrected chi connectivity index (χ4v) is 1.54. The van der Waals surface area contributed by atoms with Gasteiger partial charge in [-0.3, -0.25) is 0 Å². The second-order valence-corrected chi connectivity index (χ2v) is 5.45. The van der Waals surface area contributed by atoms with E-state index in [9.17, 15) is 0 Å². The highest BCUT2D eigenvalue weighted by atomic mass is 32.1. The minimum absolute atomic E-state index is 0. The predicted molar refractivity (Wildman–Crippen MR) is 69.1 cm³/mol.